The van der Waals surface area contributed by atoms with Gasteiger partial charge in [-0.15, -0.1) is 0 Å². The van der Waals surface area contributed by atoms with E-state index in [0.717, 1.165) is 12.1 Å². The number of alkyl halides is 3. The summed E-state index contributed by atoms with van der Waals surface area (Å²) < 4.78 is 39.3. The van der Waals surface area contributed by atoms with E-state index < -0.39 is 23.4 Å². The summed E-state index contributed by atoms with van der Waals surface area (Å²) in [6.45, 7) is 1.82. The summed E-state index contributed by atoms with van der Waals surface area (Å²) in [4.78, 5) is 38.4. The van der Waals surface area contributed by atoms with Crippen molar-refractivity contribution in [2.75, 3.05) is 13.1 Å². The summed E-state index contributed by atoms with van der Waals surface area (Å²) in [6.07, 6.45) is -2.80. The number of halogens is 4. The van der Waals surface area contributed by atoms with Crippen LogP contribution in [0.25, 0.3) is 0 Å². The van der Waals surface area contributed by atoms with Crippen LogP contribution in [0.3, 0.4) is 0 Å². The SMILES string of the molecule is Cc1nc(C(F)(F)F)ccc1C(=O)N1CCN2C(=O)c3cccnc3C[C@@]12c1ccc(Cl)cc1. The summed E-state index contributed by atoms with van der Waals surface area (Å²) >= 11 is 6.09. The van der Waals surface area contributed by atoms with Crippen molar-refractivity contribution in [3.8, 4) is 0 Å². The van der Waals surface area contributed by atoms with E-state index in [2.05, 4.69) is 9.97 Å². The number of aryl methyl sites for hydroxylation is 1. The number of hydrogen-bond acceptors (Lipinski definition) is 4. The van der Waals surface area contributed by atoms with Gasteiger partial charge < -0.3 is 9.80 Å². The van der Waals surface area contributed by atoms with Gasteiger partial charge in [-0.25, -0.2) is 4.98 Å². The normalized spacial score (nSPS) is 19.7. The van der Waals surface area contributed by atoms with Crippen molar-refractivity contribution >= 4 is 23.4 Å². The second-order valence-electron chi connectivity index (χ2n) is 8.24. The van der Waals surface area contributed by atoms with Crippen LogP contribution < -0.4 is 0 Å². The Morgan fingerprint density at radius 1 is 1.09 bits per heavy atom. The zero-order valence-corrected chi connectivity index (χ0v) is 18.7. The molecule has 0 saturated carbocycles. The van der Waals surface area contributed by atoms with Gasteiger partial charge >= 0.3 is 6.18 Å². The van der Waals surface area contributed by atoms with E-state index in [1.807, 2.05) is 0 Å². The molecule has 1 fully saturated rings. The summed E-state index contributed by atoms with van der Waals surface area (Å²) in [5.74, 6) is -0.773. The van der Waals surface area contributed by atoms with Gasteiger partial charge in [-0.2, -0.15) is 13.2 Å². The fourth-order valence-electron chi connectivity index (χ4n) is 4.82. The highest BCUT2D eigenvalue weighted by molar-refractivity contribution is 6.30. The molecule has 174 valence electrons. The molecule has 2 aliphatic rings. The number of benzene rings is 1. The van der Waals surface area contributed by atoms with Gasteiger partial charge in [0.25, 0.3) is 11.8 Å². The summed E-state index contributed by atoms with van der Waals surface area (Å²) in [6, 6.07) is 12.2. The summed E-state index contributed by atoms with van der Waals surface area (Å²) in [7, 11) is 0. The van der Waals surface area contributed by atoms with Gasteiger partial charge in [-0.3, -0.25) is 14.6 Å². The third kappa shape index (κ3) is 3.34. The molecule has 0 unspecified atom stereocenters. The van der Waals surface area contributed by atoms with Crippen LogP contribution in [-0.4, -0.2) is 44.7 Å². The van der Waals surface area contributed by atoms with Crippen LogP contribution >= 0.6 is 11.6 Å². The maximum Gasteiger partial charge on any atom is 0.433 e. The minimum atomic E-state index is -4.62. The molecular weight excluding hydrogens is 469 g/mol. The monoisotopic (exact) mass is 486 g/mol. The first-order chi connectivity index (χ1) is 16.1. The lowest BCUT2D eigenvalue weighted by molar-refractivity contribution is -0.141. The van der Waals surface area contributed by atoms with Crippen molar-refractivity contribution < 1.29 is 22.8 Å². The van der Waals surface area contributed by atoms with Crippen LogP contribution in [0.15, 0.2) is 54.7 Å². The van der Waals surface area contributed by atoms with Gasteiger partial charge in [0, 0.05) is 30.7 Å². The number of rotatable bonds is 2. The quantitative estimate of drug-likeness (QED) is 0.536. The Kier molecular flexibility index (Phi) is 5.12. The number of aromatic nitrogens is 2. The molecule has 3 aromatic rings. The number of pyridine rings is 2. The molecule has 2 amide bonds. The van der Waals surface area contributed by atoms with Crippen molar-refractivity contribution in [3.05, 3.63) is 93.5 Å². The molecule has 4 heterocycles. The van der Waals surface area contributed by atoms with Gasteiger partial charge in [0.15, 0.2) is 0 Å². The molecule has 6 nitrogen and oxygen atoms in total. The van der Waals surface area contributed by atoms with Crippen molar-refractivity contribution in [1.82, 2.24) is 19.8 Å². The third-order valence-corrected chi connectivity index (χ3v) is 6.63. The number of carbonyl (C=O) groups is 2. The largest absolute Gasteiger partial charge is 0.433 e. The Morgan fingerprint density at radius 2 is 1.82 bits per heavy atom. The molecule has 0 aliphatic carbocycles. The smallest absolute Gasteiger partial charge is 0.309 e. The second kappa shape index (κ2) is 7.80. The maximum absolute atomic E-state index is 13.8. The second-order valence-corrected chi connectivity index (χ2v) is 8.68. The van der Waals surface area contributed by atoms with E-state index in [4.69, 9.17) is 11.6 Å². The number of amides is 2. The maximum atomic E-state index is 13.8. The molecule has 10 heteroatoms. The van der Waals surface area contributed by atoms with Crippen LogP contribution in [0.1, 0.15) is 43.4 Å². The average Bonchev–Trinajstić information content (AvgIpc) is 3.19. The first kappa shape index (κ1) is 22.3. The molecule has 1 atom stereocenters. The van der Waals surface area contributed by atoms with E-state index in [1.54, 1.807) is 47.5 Å². The van der Waals surface area contributed by atoms with E-state index in [-0.39, 0.29) is 36.7 Å². The molecule has 2 aliphatic heterocycles. The topological polar surface area (TPSA) is 66.4 Å². The van der Waals surface area contributed by atoms with Crippen LogP contribution in [0.2, 0.25) is 5.02 Å². The summed E-state index contributed by atoms with van der Waals surface area (Å²) in [5.41, 5.74) is -0.593. The molecule has 34 heavy (non-hydrogen) atoms. The lowest BCUT2D eigenvalue weighted by atomic mass is 9.86. The lowest BCUT2D eigenvalue weighted by Crippen LogP contribution is -2.58. The molecule has 1 saturated heterocycles. The number of hydrogen-bond donors (Lipinski definition) is 0. The Hall–Kier alpha value is -3.46. The average molecular weight is 487 g/mol. The van der Waals surface area contributed by atoms with Gasteiger partial charge in [0.05, 0.1) is 22.5 Å². The Bertz CT molecular complexity index is 1310. The zero-order chi connectivity index (χ0) is 24.3. The minimum Gasteiger partial charge on any atom is -0.309 e. The van der Waals surface area contributed by atoms with Gasteiger partial charge in [-0.1, -0.05) is 23.7 Å². The fraction of sp³-hybridized carbons (Fsp3) is 0.250. The van der Waals surface area contributed by atoms with Crippen LogP contribution in [0, 0.1) is 6.92 Å². The van der Waals surface area contributed by atoms with Crippen LogP contribution in [0.4, 0.5) is 13.2 Å². The lowest BCUT2D eigenvalue weighted by Gasteiger charge is -2.47. The molecule has 0 bridgehead atoms. The predicted octanol–water partition coefficient (Wildman–Crippen LogP) is 4.46. The van der Waals surface area contributed by atoms with Crippen molar-refractivity contribution in [1.29, 1.82) is 0 Å². The van der Waals surface area contributed by atoms with Gasteiger partial charge in [0.2, 0.25) is 0 Å². The standard InChI is InChI=1S/C24H18ClF3N4O2/c1-14-17(8-9-20(30-14)24(26,27)28)21(33)31-11-12-32-22(34)18-3-2-10-29-19(18)13-23(31,32)15-4-6-16(25)7-5-15/h2-10H,11-13H2,1H3/t23-/m1/s1. The van der Waals surface area contributed by atoms with E-state index in [1.165, 1.54) is 11.8 Å². The summed E-state index contributed by atoms with van der Waals surface area (Å²) in [5, 5.41) is 0.492. The molecule has 5 rings (SSSR count). The van der Waals surface area contributed by atoms with E-state index in [9.17, 15) is 22.8 Å². The number of fused-ring (bicyclic) bond motifs is 2. The van der Waals surface area contributed by atoms with Crippen molar-refractivity contribution in [3.63, 3.8) is 0 Å². The predicted molar refractivity (Wildman–Crippen MR) is 117 cm³/mol. The van der Waals surface area contributed by atoms with Crippen LogP contribution in [-0.2, 0) is 18.3 Å². The Balaban J connectivity index is 1.65. The first-order valence-electron chi connectivity index (χ1n) is 10.5. The molecule has 0 N–H and O–H groups in total. The molecular formula is C24H18ClF3N4O2. The molecule has 2 aromatic heterocycles. The van der Waals surface area contributed by atoms with E-state index in [0.29, 0.717) is 21.8 Å². The first-order valence-corrected chi connectivity index (χ1v) is 10.9. The minimum absolute atomic E-state index is 0.0369. The molecule has 1 aromatic carbocycles. The van der Waals surface area contributed by atoms with Gasteiger partial charge in [-0.05, 0) is 48.9 Å². The Labute approximate surface area is 198 Å². The van der Waals surface area contributed by atoms with Gasteiger partial charge in [0.1, 0.15) is 11.4 Å². The Morgan fingerprint density at radius 3 is 2.50 bits per heavy atom. The number of carbonyl (C=O) groups excluding carboxylic acids is 2. The highest BCUT2D eigenvalue weighted by Crippen LogP contribution is 2.45. The molecule has 0 radical (unpaired) electrons. The number of nitrogens with zero attached hydrogens (tertiary/aromatic N) is 4. The highest BCUT2D eigenvalue weighted by atomic mass is 35.5. The van der Waals surface area contributed by atoms with Crippen molar-refractivity contribution in [2.45, 2.75) is 25.2 Å². The van der Waals surface area contributed by atoms with Crippen molar-refractivity contribution in [2.24, 2.45) is 0 Å². The highest BCUT2D eigenvalue weighted by Gasteiger charge is 2.56. The van der Waals surface area contributed by atoms with E-state index >= 15 is 0 Å². The third-order valence-electron chi connectivity index (χ3n) is 6.38. The molecule has 0 spiro atoms. The fourth-order valence-corrected chi connectivity index (χ4v) is 4.94. The zero-order valence-electron chi connectivity index (χ0n) is 17.9. The van der Waals surface area contributed by atoms with Crippen LogP contribution in [0.5, 0.6) is 0 Å².